The zero-order valence-corrected chi connectivity index (χ0v) is 5.73. The zero-order chi connectivity index (χ0) is 8.48. The maximum atomic E-state index is 11.9. The van der Waals surface area contributed by atoms with E-state index in [2.05, 4.69) is 0 Å². The molecule has 0 aromatic rings. The standard InChI is InChI=1S/C6H7F3N2/c7-6(8,9)5-1-2-11(3-5)4-10/h5H,1-3H2/t5-/m0/s1. The monoisotopic (exact) mass is 164 g/mol. The number of hydrogen-bond acceptors (Lipinski definition) is 2. The van der Waals surface area contributed by atoms with Crippen LogP contribution >= 0.6 is 0 Å². The van der Waals surface area contributed by atoms with Crippen LogP contribution in [0.5, 0.6) is 0 Å². The number of nitrogens with zero attached hydrogens (tertiary/aromatic N) is 2. The summed E-state index contributed by atoms with van der Waals surface area (Å²) in [4.78, 5) is 1.14. The summed E-state index contributed by atoms with van der Waals surface area (Å²) in [6.45, 7) is 0.0701. The topological polar surface area (TPSA) is 27.0 Å². The molecule has 1 aliphatic heterocycles. The molecule has 0 amide bonds. The highest BCUT2D eigenvalue weighted by atomic mass is 19.4. The molecule has 1 saturated heterocycles. The molecular weight excluding hydrogens is 157 g/mol. The van der Waals surface area contributed by atoms with E-state index in [4.69, 9.17) is 5.26 Å². The Labute approximate surface area is 62.2 Å². The maximum absolute atomic E-state index is 11.9. The first-order chi connectivity index (χ1) is 5.04. The van der Waals surface area contributed by atoms with E-state index in [1.807, 2.05) is 0 Å². The molecule has 0 spiro atoms. The van der Waals surface area contributed by atoms with Crippen LogP contribution in [-0.2, 0) is 0 Å². The highest BCUT2D eigenvalue weighted by Crippen LogP contribution is 2.32. The molecule has 0 aromatic carbocycles. The molecule has 11 heavy (non-hydrogen) atoms. The van der Waals surface area contributed by atoms with Crippen molar-refractivity contribution >= 4 is 0 Å². The Morgan fingerprint density at radius 3 is 2.36 bits per heavy atom. The Morgan fingerprint density at radius 1 is 1.45 bits per heavy atom. The summed E-state index contributed by atoms with van der Waals surface area (Å²) in [6, 6.07) is 0. The second kappa shape index (κ2) is 2.61. The highest BCUT2D eigenvalue weighted by Gasteiger charge is 2.43. The summed E-state index contributed by atoms with van der Waals surface area (Å²) >= 11 is 0. The van der Waals surface area contributed by atoms with Crippen LogP contribution in [0, 0.1) is 17.4 Å². The van der Waals surface area contributed by atoms with E-state index in [1.54, 1.807) is 6.19 Å². The molecule has 0 aliphatic carbocycles. The predicted octanol–water partition coefficient (Wildman–Crippen LogP) is 1.35. The van der Waals surface area contributed by atoms with Crippen LogP contribution in [0.3, 0.4) is 0 Å². The Morgan fingerprint density at radius 2 is 2.09 bits per heavy atom. The molecule has 1 fully saturated rings. The lowest BCUT2D eigenvalue weighted by atomic mass is 10.1. The van der Waals surface area contributed by atoms with Gasteiger partial charge in [-0.1, -0.05) is 0 Å². The van der Waals surface area contributed by atoms with Gasteiger partial charge in [-0.3, -0.25) is 0 Å². The third-order valence-electron chi connectivity index (χ3n) is 1.79. The van der Waals surface area contributed by atoms with E-state index in [0.29, 0.717) is 0 Å². The summed E-state index contributed by atoms with van der Waals surface area (Å²) < 4.78 is 35.8. The normalized spacial score (nSPS) is 25.3. The van der Waals surface area contributed by atoms with Crippen LogP contribution < -0.4 is 0 Å². The molecule has 0 bridgehead atoms. The summed E-state index contributed by atoms with van der Waals surface area (Å²) in [5, 5.41) is 8.26. The van der Waals surface area contributed by atoms with E-state index in [1.165, 1.54) is 0 Å². The predicted molar refractivity (Wildman–Crippen MR) is 31.3 cm³/mol. The van der Waals surface area contributed by atoms with Gasteiger partial charge in [0.2, 0.25) is 0 Å². The molecule has 0 N–H and O–H groups in total. The number of likely N-dealkylation sites (tertiary alicyclic amines) is 1. The van der Waals surface area contributed by atoms with Gasteiger partial charge in [0.25, 0.3) is 0 Å². The Hall–Kier alpha value is -0.920. The van der Waals surface area contributed by atoms with E-state index >= 15 is 0 Å². The van der Waals surface area contributed by atoms with E-state index < -0.39 is 12.1 Å². The number of halogens is 3. The van der Waals surface area contributed by atoms with Crippen molar-refractivity contribution in [3.05, 3.63) is 0 Å². The van der Waals surface area contributed by atoms with Crippen molar-refractivity contribution in [1.82, 2.24) is 4.90 Å². The molecule has 0 aromatic heterocycles. The Bertz CT molecular complexity index is 181. The largest absolute Gasteiger partial charge is 0.393 e. The van der Waals surface area contributed by atoms with Gasteiger partial charge in [-0.05, 0) is 6.42 Å². The van der Waals surface area contributed by atoms with Crippen molar-refractivity contribution in [3.63, 3.8) is 0 Å². The van der Waals surface area contributed by atoms with Gasteiger partial charge >= 0.3 is 6.18 Å². The SMILES string of the molecule is N#CN1CC[C@H](C(F)(F)F)C1. The summed E-state index contributed by atoms with van der Waals surface area (Å²) in [7, 11) is 0. The summed E-state index contributed by atoms with van der Waals surface area (Å²) in [5.41, 5.74) is 0. The molecule has 62 valence electrons. The average molecular weight is 164 g/mol. The van der Waals surface area contributed by atoms with Gasteiger partial charge in [0.1, 0.15) is 0 Å². The first-order valence-corrected chi connectivity index (χ1v) is 3.25. The van der Waals surface area contributed by atoms with Crippen molar-refractivity contribution in [2.24, 2.45) is 5.92 Å². The summed E-state index contributed by atoms with van der Waals surface area (Å²) in [6.07, 6.45) is -2.38. The van der Waals surface area contributed by atoms with E-state index in [-0.39, 0.29) is 19.5 Å². The number of nitriles is 1. The minimum atomic E-state index is -4.13. The van der Waals surface area contributed by atoms with Crippen LogP contribution in [0.2, 0.25) is 0 Å². The summed E-state index contributed by atoms with van der Waals surface area (Å²) in [5.74, 6) is -1.30. The first kappa shape index (κ1) is 8.18. The highest BCUT2D eigenvalue weighted by molar-refractivity contribution is 4.86. The number of hydrogen-bond donors (Lipinski definition) is 0. The fourth-order valence-electron chi connectivity index (χ4n) is 1.12. The average Bonchev–Trinajstić information content (AvgIpc) is 2.32. The molecule has 2 nitrogen and oxygen atoms in total. The fraction of sp³-hybridized carbons (Fsp3) is 0.833. The van der Waals surface area contributed by atoms with Crippen molar-refractivity contribution in [3.8, 4) is 6.19 Å². The molecule has 1 rings (SSSR count). The second-order valence-electron chi connectivity index (χ2n) is 2.57. The molecule has 1 aliphatic rings. The lowest BCUT2D eigenvalue weighted by Crippen LogP contribution is -2.25. The fourth-order valence-corrected chi connectivity index (χ4v) is 1.12. The molecule has 0 saturated carbocycles. The van der Waals surface area contributed by atoms with Gasteiger partial charge < -0.3 is 4.90 Å². The van der Waals surface area contributed by atoms with Gasteiger partial charge in [-0.15, -0.1) is 0 Å². The molecular formula is C6H7F3N2. The third kappa shape index (κ3) is 1.76. The quantitative estimate of drug-likeness (QED) is 0.505. The van der Waals surface area contributed by atoms with Crippen LogP contribution in [0.4, 0.5) is 13.2 Å². The third-order valence-corrected chi connectivity index (χ3v) is 1.79. The van der Waals surface area contributed by atoms with Gasteiger partial charge in [0.15, 0.2) is 6.19 Å². The van der Waals surface area contributed by atoms with Crippen molar-refractivity contribution in [1.29, 1.82) is 5.26 Å². The van der Waals surface area contributed by atoms with Crippen LogP contribution in [0.1, 0.15) is 6.42 Å². The van der Waals surface area contributed by atoms with Gasteiger partial charge in [-0.2, -0.15) is 18.4 Å². The first-order valence-electron chi connectivity index (χ1n) is 3.25. The smallest absolute Gasteiger partial charge is 0.310 e. The molecule has 5 heteroatoms. The van der Waals surface area contributed by atoms with E-state index in [0.717, 1.165) is 4.90 Å². The lowest BCUT2D eigenvalue weighted by molar-refractivity contribution is -0.169. The van der Waals surface area contributed by atoms with Crippen molar-refractivity contribution in [2.75, 3.05) is 13.1 Å². The minimum Gasteiger partial charge on any atom is -0.310 e. The van der Waals surface area contributed by atoms with Crippen molar-refractivity contribution in [2.45, 2.75) is 12.6 Å². The van der Waals surface area contributed by atoms with Crippen LogP contribution in [0.15, 0.2) is 0 Å². The Balaban J connectivity index is 2.50. The maximum Gasteiger partial charge on any atom is 0.393 e. The molecule has 0 radical (unpaired) electrons. The molecule has 1 heterocycles. The Kier molecular flexibility index (Phi) is 1.94. The molecule has 1 atom stereocenters. The second-order valence-corrected chi connectivity index (χ2v) is 2.57. The minimum absolute atomic E-state index is 0.0526. The number of alkyl halides is 3. The lowest BCUT2D eigenvalue weighted by Gasteiger charge is -2.12. The van der Waals surface area contributed by atoms with E-state index in [9.17, 15) is 13.2 Å². The zero-order valence-electron chi connectivity index (χ0n) is 5.73. The van der Waals surface area contributed by atoms with Crippen LogP contribution in [0.25, 0.3) is 0 Å². The molecule has 0 unspecified atom stereocenters. The number of rotatable bonds is 0. The van der Waals surface area contributed by atoms with Gasteiger partial charge in [0.05, 0.1) is 5.92 Å². The van der Waals surface area contributed by atoms with Gasteiger partial charge in [-0.25, -0.2) is 0 Å². The van der Waals surface area contributed by atoms with Crippen molar-refractivity contribution < 1.29 is 13.2 Å². The van der Waals surface area contributed by atoms with Gasteiger partial charge in [0, 0.05) is 13.1 Å². The van der Waals surface area contributed by atoms with Crippen LogP contribution in [-0.4, -0.2) is 24.2 Å².